The van der Waals surface area contributed by atoms with Gasteiger partial charge < -0.3 is 4.90 Å². The van der Waals surface area contributed by atoms with Gasteiger partial charge in [-0.05, 0) is 19.7 Å². The quantitative estimate of drug-likeness (QED) is 0.608. The van der Waals surface area contributed by atoms with Crippen LogP contribution in [0.3, 0.4) is 0 Å². The topological polar surface area (TPSA) is 3.24 Å². The molecule has 54 valence electrons. The van der Waals surface area contributed by atoms with E-state index in [2.05, 4.69) is 0 Å². The monoisotopic (exact) mass is 142 g/mol. The summed E-state index contributed by atoms with van der Waals surface area (Å²) < 4.78 is 53.2. The lowest BCUT2D eigenvalue weighted by Gasteiger charge is -2.08. The molecule has 1 heteroatoms. The third kappa shape index (κ3) is 2.19. The molecule has 0 bridgehead atoms. The average Bonchev–Trinajstić information content (AvgIpc) is 2.23. The zero-order chi connectivity index (χ0) is 13.5. The molecule has 10 heavy (non-hydrogen) atoms. The smallest absolute Gasteiger partial charge is 0.0626 e. The van der Waals surface area contributed by atoms with Crippen molar-refractivity contribution in [2.45, 2.75) is 6.50 Å². The van der Waals surface area contributed by atoms with E-state index >= 15 is 0 Å². The van der Waals surface area contributed by atoms with Gasteiger partial charge in [0.25, 0.3) is 0 Å². The molecule has 0 amide bonds. The van der Waals surface area contributed by atoms with Crippen LogP contribution in [0, 0.1) is 0 Å². The largest absolute Gasteiger partial charge is 0.305 e. The molecular weight excluding hydrogens is 122 g/mol. The molecule has 0 spiro atoms. The third-order valence-electron chi connectivity index (χ3n) is 0.835. The Bertz CT molecular complexity index is 426. The van der Waals surface area contributed by atoms with Gasteiger partial charge in [0.1, 0.15) is 0 Å². The Balaban J connectivity index is 3.66. The van der Waals surface area contributed by atoms with Crippen LogP contribution in [0.5, 0.6) is 0 Å². The number of rotatable bonds is 2. The SMILES string of the molecule is [2H]c1c([2H])c([2H])c(C([2H])([2H])N(C)C)c([2H])c1[2H]. The fourth-order valence-electron chi connectivity index (χ4n) is 0.530. The molecule has 1 rings (SSSR count). The molecule has 0 N–H and O–H groups in total. The lowest BCUT2D eigenvalue weighted by Crippen LogP contribution is -2.10. The van der Waals surface area contributed by atoms with Gasteiger partial charge in [0.05, 0.1) is 6.85 Å². The summed E-state index contributed by atoms with van der Waals surface area (Å²) in [6.45, 7) is -2.12. The summed E-state index contributed by atoms with van der Waals surface area (Å²) in [6.07, 6.45) is 0. The van der Waals surface area contributed by atoms with Gasteiger partial charge in [0, 0.05) is 9.24 Å². The molecule has 0 aromatic heterocycles. The van der Waals surface area contributed by atoms with E-state index in [1.807, 2.05) is 0 Å². The van der Waals surface area contributed by atoms with Crippen molar-refractivity contribution in [3.63, 3.8) is 0 Å². The summed E-state index contributed by atoms with van der Waals surface area (Å²) in [5, 5.41) is 0. The molecule has 0 radical (unpaired) electrons. The molecule has 1 aromatic carbocycles. The van der Waals surface area contributed by atoms with Crippen LogP contribution in [0.1, 0.15) is 15.2 Å². The second-order valence-electron chi connectivity index (χ2n) is 2.01. The summed E-state index contributed by atoms with van der Waals surface area (Å²) in [4.78, 5) is 1.17. The predicted octanol–water partition coefficient (Wildman–Crippen LogP) is 1.75. The van der Waals surface area contributed by atoms with Gasteiger partial charge >= 0.3 is 0 Å². The zero-order valence-electron chi connectivity index (χ0n) is 12.9. The summed E-state index contributed by atoms with van der Waals surface area (Å²) in [5.41, 5.74) is -0.339. The minimum Gasteiger partial charge on any atom is -0.305 e. The first-order chi connectivity index (χ1) is 7.62. The minimum atomic E-state index is -2.12. The molecule has 0 aliphatic carbocycles. The molecule has 0 saturated carbocycles. The highest BCUT2D eigenvalue weighted by molar-refractivity contribution is 5.14. The average molecular weight is 142 g/mol. The Kier molecular flexibility index (Phi) is 0.792. The van der Waals surface area contributed by atoms with E-state index in [0.29, 0.717) is 0 Å². The molecule has 0 unspecified atom stereocenters. The Morgan fingerprint density at radius 1 is 1.40 bits per heavy atom. The highest BCUT2D eigenvalue weighted by atomic mass is 15.0. The summed E-state index contributed by atoms with van der Waals surface area (Å²) in [6, 6.07) is -2.57. The Morgan fingerprint density at radius 2 is 2.00 bits per heavy atom. The Hall–Kier alpha value is -0.820. The first-order valence-corrected chi connectivity index (χ1v) is 2.87. The molecule has 0 saturated heterocycles. The summed E-state index contributed by atoms with van der Waals surface area (Å²) in [7, 11) is 2.89. The van der Waals surface area contributed by atoms with E-state index in [9.17, 15) is 0 Å². The van der Waals surface area contributed by atoms with Crippen LogP contribution in [-0.4, -0.2) is 19.0 Å². The highest BCUT2D eigenvalue weighted by Gasteiger charge is 1.90. The van der Waals surface area contributed by atoms with Crippen molar-refractivity contribution >= 4 is 0 Å². The molecular formula is C9H13N. The number of hydrogen-bond donors (Lipinski definition) is 0. The van der Waals surface area contributed by atoms with Crippen molar-refractivity contribution in [2.24, 2.45) is 0 Å². The van der Waals surface area contributed by atoms with Crippen molar-refractivity contribution < 1.29 is 9.60 Å². The number of benzene rings is 1. The fraction of sp³-hybridized carbons (Fsp3) is 0.333. The molecule has 0 fully saturated rings. The van der Waals surface area contributed by atoms with Crippen molar-refractivity contribution in [3.8, 4) is 0 Å². The molecule has 0 atom stereocenters. The van der Waals surface area contributed by atoms with Crippen LogP contribution in [0.4, 0.5) is 0 Å². The van der Waals surface area contributed by atoms with Crippen molar-refractivity contribution in [3.05, 3.63) is 35.8 Å². The maximum atomic E-state index is 7.79. The van der Waals surface area contributed by atoms with Gasteiger partial charge in [0.2, 0.25) is 0 Å². The van der Waals surface area contributed by atoms with Gasteiger partial charge in [-0.2, -0.15) is 0 Å². The fourth-order valence-corrected chi connectivity index (χ4v) is 0.530. The number of nitrogens with zero attached hydrogens (tertiary/aromatic N) is 1. The van der Waals surface area contributed by atoms with Gasteiger partial charge in [-0.25, -0.2) is 0 Å². The zero-order valence-corrected chi connectivity index (χ0v) is 5.95. The van der Waals surface area contributed by atoms with Crippen LogP contribution in [0.25, 0.3) is 0 Å². The van der Waals surface area contributed by atoms with E-state index in [1.165, 1.54) is 19.0 Å². The molecule has 0 aliphatic rings. The highest BCUT2D eigenvalue weighted by Crippen LogP contribution is 1.99. The lowest BCUT2D eigenvalue weighted by atomic mass is 10.2. The van der Waals surface area contributed by atoms with Gasteiger partial charge in [-0.15, -0.1) is 0 Å². The standard InChI is InChI=1S/C9H13N/c1-10(2)8-9-6-4-3-5-7-9/h3-7H,8H2,1-2H3/i3D,4D,5D,6D,7D,8D2. The van der Waals surface area contributed by atoms with Gasteiger partial charge in [-0.3, -0.25) is 0 Å². The van der Waals surface area contributed by atoms with Crippen LogP contribution >= 0.6 is 0 Å². The van der Waals surface area contributed by atoms with E-state index in [0.717, 1.165) is 0 Å². The lowest BCUT2D eigenvalue weighted by molar-refractivity contribution is 0.402. The van der Waals surface area contributed by atoms with Gasteiger partial charge in [-0.1, -0.05) is 30.2 Å². The van der Waals surface area contributed by atoms with E-state index in [4.69, 9.17) is 9.60 Å². The molecule has 0 aliphatic heterocycles. The van der Waals surface area contributed by atoms with Gasteiger partial charge in [0.15, 0.2) is 0 Å². The van der Waals surface area contributed by atoms with Crippen LogP contribution in [-0.2, 0) is 6.50 Å². The van der Waals surface area contributed by atoms with Crippen LogP contribution < -0.4 is 0 Å². The first kappa shape index (κ1) is 2.35. The van der Waals surface area contributed by atoms with Crippen molar-refractivity contribution in [1.82, 2.24) is 4.90 Å². The van der Waals surface area contributed by atoms with E-state index in [-0.39, 0.29) is 5.56 Å². The van der Waals surface area contributed by atoms with Crippen molar-refractivity contribution in [2.75, 3.05) is 14.1 Å². The van der Waals surface area contributed by atoms with Crippen LogP contribution in [0.2, 0.25) is 0 Å². The second-order valence-corrected chi connectivity index (χ2v) is 2.01. The van der Waals surface area contributed by atoms with E-state index in [1.54, 1.807) is 0 Å². The third-order valence-corrected chi connectivity index (χ3v) is 0.835. The maximum absolute atomic E-state index is 7.79. The molecule has 1 aromatic rings. The second kappa shape index (κ2) is 3.37. The van der Waals surface area contributed by atoms with Crippen molar-refractivity contribution in [1.29, 1.82) is 0 Å². The maximum Gasteiger partial charge on any atom is 0.0626 e. The Labute approximate surface area is 72.1 Å². The molecule has 1 nitrogen and oxygen atoms in total. The predicted molar refractivity (Wildman–Crippen MR) is 43.8 cm³/mol. The first-order valence-electron chi connectivity index (χ1n) is 6.37. The normalized spacial score (nSPS) is 21.7. The number of hydrogen-bond acceptors (Lipinski definition) is 1. The molecule has 0 heterocycles. The Morgan fingerprint density at radius 3 is 2.50 bits per heavy atom. The summed E-state index contributed by atoms with van der Waals surface area (Å²) in [5.74, 6) is 0. The van der Waals surface area contributed by atoms with E-state index < -0.39 is 36.7 Å². The van der Waals surface area contributed by atoms with Crippen LogP contribution in [0.15, 0.2) is 30.2 Å². The minimum absolute atomic E-state index is 0.339. The summed E-state index contributed by atoms with van der Waals surface area (Å²) >= 11 is 0.